The molecule has 0 saturated carbocycles. The zero-order valence-electron chi connectivity index (χ0n) is 8.84. The minimum atomic E-state index is -0.0622. The first-order chi connectivity index (χ1) is 5.52. The van der Waals surface area contributed by atoms with E-state index < -0.39 is 0 Å². The van der Waals surface area contributed by atoms with Gasteiger partial charge in [0.1, 0.15) is 0 Å². The molecule has 0 unspecified atom stereocenters. The van der Waals surface area contributed by atoms with Crippen LogP contribution in [0.2, 0.25) is 0 Å². The smallest absolute Gasteiger partial charge is 0.00780 e. The highest BCUT2D eigenvalue weighted by Gasteiger charge is 2.00. The molecule has 0 heterocycles. The Labute approximate surface area is 83.6 Å². The Kier molecular flexibility index (Phi) is 7.28. The summed E-state index contributed by atoms with van der Waals surface area (Å²) >= 11 is 5.44. The third kappa shape index (κ3) is 8.62. The Balaban J connectivity index is 3.34. The van der Waals surface area contributed by atoms with Crippen LogP contribution in [0, 0.1) is 11.8 Å². The molecule has 0 fully saturated rings. The molecule has 0 aliphatic heterocycles. The average Bonchev–Trinajstić information content (AvgIpc) is 1.96. The molecule has 0 N–H and O–H groups in total. The highest BCUT2D eigenvalue weighted by molar-refractivity contribution is 8.05. The lowest BCUT2D eigenvalue weighted by molar-refractivity contribution is 0.621. The summed E-state index contributed by atoms with van der Waals surface area (Å²) in [6.07, 6.45) is 5.25. The number of rotatable bonds is 6. The summed E-state index contributed by atoms with van der Waals surface area (Å²) in [6, 6.07) is 0. The topological polar surface area (TPSA) is 0 Å². The Hall–Kier alpha value is 0.520. The van der Waals surface area contributed by atoms with Gasteiger partial charge in [0, 0.05) is 0 Å². The van der Waals surface area contributed by atoms with E-state index in [9.17, 15) is 0 Å². The zero-order chi connectivity index (χ0) is 9.56. The van der Waals surface area contributed by atoms with Crippen molar-refractivity contribution in [3.8, 4) is 0 Å². The van der Waals surface area contributed by atoms with Crippen LogP contribution in [0.25, 0.3) is 0 Å². The van der Waals surface area contributed by atoms with Crippen molar-refractivity contribution < 1.29 is 0 Å². The van der Waals surface area contributed by atoms with Gasteiger partial charge in [-0.3, -0.25) is 0 Å². The quantitative estimate of drug-likeness (QED) is 0.590. The Morgan fingerprint density at radius 3 is 1.50 bits per heavy atom. The van der Waals surface area contributed by atoms with E-state index in [-0.39, 0.29) is 6.70 Å². The lowest BCUT2D eigenvalue weighted by Gasteiger charge is -2.08. The summed E-state index contributed by atoms with van der Waals surface area (Å²) in [6.45, 7) is 9.05. The highest BCUT2D eigenvalue weighted by Crippen LogP contribution is 2.26. The van der Waals surface area contributed by atoms with Crippen LogP contribution < -0.4 is 0 Å². The van der Waals surface area contributed by atoms with Crippen LogP contribution in [0.5, 0.6) is 0 Å². The molecule has 0 amide bonds. The minimum Gasteiger partial charge on any atom is -0.0809 e. The molecule has 0 atom stereocenters. The molecule has 0 aromatic carbocycles. The van der Waals surface area contributed by atoms with Crippen molar-refractivity contribution >= 4 is 18.5 Å². The lowest BCUT2D eigenvalue weighted by atomic mass is 10.2. The normalized spacial score (nSPS) is 11.2. The fourth-order valence-corrected chi connectivity index (χ4v) is 3.38. The monoisotopic (exact) mass is 205 g/mol. The molecule has 0 nitrogen and oxygen atoms in total. The van der Waals surface area contributed by atoms with Crippen molar-refractivity contribution in [3.63, 3.8) is 0 Å². The standard InChI is InChI=1S/C10H22PS/c1-9(2)5-7-11(12)8-6-10(3)4/h9-10H,5-8H2,1-4H3. The van der Waals surface area contributed by atoms with E-state index in [1.54, 1.807) is 0 Å². The molecule has 12 heavy (non-hydrogen) atoms. The van der Waals surface area contributed by atoms with Crippen LogP contribution in [-0.2, 0) is 11.8 Å². The molecule has 0 aromatic rings. The van der Waals surface area contributed by atoms with Gasteiger partial charge in [-0.05, 0) is 37.0 Å². The third-order valence-electron chi connectivity index (χ3n) is 1.91. The lowest BCUT2D eigenvalue weighted by Crippen LogP contribution is -1.94. The summed E-state index contributed by atoms with van der Waals surface area (Å²) in [5, 5.41) is 0. The van der Waals surface area contributed by atoms with Crippen LogP contribution in [0.3, 0.4) is 0 Å². The predicted molar refractivity (Wildman–Crippen MR) is 62.9 cm³/mol. The van der Waals surface area contributed by atoms with Gasteiger partial charge in [0.15, 0.2) is 0 Å². The van der Waals surface area contributed by atoms with Crippen molar-refractivity contribution in [3.05, 3.63) is 0 Å². The Morgan fingerprint density at radius 1 is 0.917 bits per heavy atom. The SMILES string of the molecule is CC(C)CC[P](=S)CCC(C)C. The van der Waals surface area contributed by atoms with E-state index in [1.807, 2.05) is 0 Å². The van der Waals surface area contributed by atoms with Crippen molar-refractivity contribution in [1.82, 2.24) is 0 Å². The van der Waals surface area contributed by atoms with Gasteiger partial charge in [-0.2, -0.15) is 0 Å². The maximum Gasteiger partial charge on any atom is -0.00780 e. The van der Waals surface area contributed by atoms with E-state index in [1.165, 1.54) is 25.2 Å². The summed E-state index contributed by atoms with van der Waals surface area (Å²) in [5.41, 5.74) is 0. The second kappa shape index (κ2) is 6.97. The highest BCUT2D eigenvalue weighted by atomic mass is 32.4. The van der Waals surface area contributed by atoms with E-state index in [2.05, 4.69) is 27.7 Å². The largest absolute Gasteiger partial charge is 0.0809 e. The first kappa shape index (κ1) is 12.5. The van der Waals surface area contributed by atoms with Gasteiger partial charge < -0.3 is 0 Å². The van der Waals surface area contributed by atoms with Crippen molar-refractivity contribution in [2.75, 3.05) is 12.3 Å². The summed E-state index contributed by atoms with van der Waals surface area (Å²) in [4.78, 5) is 0. The number of hydrogen-bond acceptors (Lipinski definition) is 1. The fourth-order valence-electron chi connectivity index (χ4n) is 0.916. The first-order valence-corrected chi connectivity index (χ1v) is 7.67. The van der Waals surface area contributed by atoms with Gasteiger partial charge in [0.2, 0.25) is 0 Å². The molecule has 1 radical (unpaired) electrons. The van der Waals surface area contributed by atoms with Gasteiger partial charge in [0.25, 0.3) is 0 Å². The van der Waals surface area contributed by atoms with Gasteiger partial charge >= 0.3 is 0 Å². The first-order valence-electron chi connectivity index (χ1n) is 4.94. The Morgan fingerprint density at radius 2 is 1.25 bits per heavy atom. The van der Waals surface area contributed by atoms with Gasteiger partial charge in [-0.25, -0.2) is 0 Å². The van der Waals surface area contributed by atoms with Crippen LogP contribution in [0.15, 0.2) is 0 Å². The van der Waals surface area contributed by atoms with E-state index in [4.69, 9.17) is 11.8 Å². The fraction of sp³-hybridized carbons (Fsp3) is 1.00. The van der Waals surface area contributed by atoms with E-state index in [0.717, 1.165) is 11.8 Å². The van der Waals surface area contributed by atoms with Crippen LogP contribution in [0.4, 0.5) is 0 Å². The van der Waals surface area contributed by atoms with Crippen LogP contribution in [-0.4, -0.2) is 12.3 Å². The Bertz CT molecular complexity index is 116. The summed E-state index contributed by atoms with van der Waals surface area (Å²) in [7, 11) is 0. The molecule has 0 rings (SSSR count). The van der Waals surface area contributed by atoms with Crippen molar-refractivity contribution in [2.24, 2.45) is 11.8 Å². The maximum atomic E-state index is 5.44. The summed E-state index contributed by atoms with van der Waals surface area (Å²) in [5.74, 6) is 1.66. The number of hydrogen-bond donors (Lipinski definition) is 0. The van der Waals surface area contributed by atoms with Crippen LogP contribution in [0.1, 0.15) is 40.5 Å². The second-order valence-corrected chi connectivity index (χ2v) is 7.70. The molecule has 73 valence electrons. The molecule has 0 saturated heterocycles. The predicted octanol–water partition coefficient (Wildman–Crippen LogP) is 4.02. The van der Waals surface area contributed by atoms with Crippen LogP contribution >= 0.6 is 6.70 Å². The molecule has 0 aliphatic carbocycles. The van der Waals surface area contributed by atoms with Crippen molar-refractivity contribution in [2.45, 2.75) is 40.5 Å². The zero-order valence-corrected chi connectivity index (χ0v) is 10.5. The molecule has 0 bridgehead atoms. The minimum absolute atomic E-state index is 0.0622. The summed E-state index contributed by atoms with van der Waals surface area (Å²) < 4.78 is 0. The van der Waals surface area contributed by atoms with E-state index >= 15 is 0 Å². The molecular formula is C10H22PS. The maximum absolute atomic E-state index is 5.44. The van der Waals surface area contributed by atoms with Crippen molar-refractivity contribution in [1.29, 1.82) is 0 Å². The molecule has 0 aromatic heterocycles. The van der Waals surface area contributed by atoms with E-state index in [0.29, 0.717) is 0 Å². The second-order valence-electron chi connectivity index (χ2n) is 4.29. The van der Waals surface area contributed by atoms with Gasteiger partial charge in [-0.1, -0.05) is 46.2 Å². The average molecular weight is 205 g/mol. The third-order valence-corrected chi connectivity index (χ3v) is 4.52. The van der Waals surface area contributed by atoms with Gasteiger partial charge in [0.05, 0.1) is 0 Å². The van der Waals surface area contributed by atoms with Gasteiger partial charge in [-0.15, -0.1) is 0 Å². The molecule has 0 spiro atoms. The molecular weight excluding hydrogens is 183 g/mol. The molecule has 0 aliphatic rings. The molecule has 2 heteroatoms.